The van der Waals surface area contributed by atoms with Gasteiger partial charge in [-0.05, 0) is 23.8 Å². The SMILES string of the molecule is NN=Cc1cccc(OCc2cccc(Cl)c2F)c1. The van der Waals surface area contributed by atoms with Gasteiger partial charge in [-0.15, -0.1) is 0 Å². The van der Waals surface area contributed by atoms with E-state index in [1.54, 1.807) is 30.3 Å². The molecule has 0 bridgehead atoms. The average Bonchev–Trinajstić information content (AvgIpc) is 2.41. The van der Waals surface area contributed by atoms with Crippen LogP contribution in [-0.2, 0) is 6.61 Å². The second-order valence-corrected chi connectivity index (χ2v) is 4.26. The molecule has 0 saturated carbocycles. The highest BCUT2D eigenvalue weighted by Gasteiger charge is 2.06. The average molecular weight is 279 g/mol. The number of nitrogens with zero attached hydrogens (tertiary/aromatic N) is 1. The number of ether oxygens (including phenoxy) is 1. The van der Waals surface area contributed by atoms with E-state index in [1.165, 1.54) is 12.3 Å². The van der Waals surface area contributed by atoms with Crippen LogP contribution in [-0.4, -0.2) is 6.21 Å². The summed E-state index contributed by atoms with van der Waals surface area (Å²) in [4.78, 5) is 0. The van der Waals surface area contributed by atoms with Gasteiger partial charge < -0.3 is 10.6 Å². The summed E-state index contributed by atoms with van der Waals surface area (Å²) in [5.74, 6) is 5.23. The van der Waals surface area contributed by atoms with E-state index >= 15 is 0 Å². The summed E-state index contributed by atoms with van der Waals surface area (Å²) in [5.41, 5.74) is 1.22. The zero-order valence-electron chi connectivity index (χ0n) is 10.0. The van der Waals surface area contributed by atoms with Gasteiger partial charge in [0.2, 0.25) is 0 Å². The van der Waals surface area contributed by atoms with Gasteiger partial charge in [0.05, 0.1) is 11.2 Å². The monoisotopic (exact) mass is 278 g/mol. The molecule has 0 aliphatic rings. The highest BCUT2D eigenvalue weighted by Crippen LogP contribution is 2.20. The summed E-state index contributed by atoms with van der Waals surface area (Å²) in [5, 5.41) is 3.52. The molecular formula is C14H12ClFN2O. The maximum absolute atomic E-state index is 13.7. The maximum atomic E-state index is 13.7. The Morgan fingerprint density at radius 1 is 1.26 bits per heavy atom. The molecule has 0 aromatic heterocycles. The highest BCUT2D eigenvalue weighted by atomic mass is 35.5. The van der Waals surface area contributed by atoms with Gasteiger partial charge in [0.25, 0.3) is 0 Å². The minimum Gasteiger partial charge on any atom is -0.489 e. The maximum Gasteiger partial charge on any atom is 0.148 e. The molecule has 0 amide bonds. The zero-order valence-corrected chi connectivity index (χ0v) is 10.8. The van der Waals surface area contributed by atoms with Crippen LogP contribution in [0.1, 0.15) is 11.1 Å². The van der Waals surface area contributed by atoms with Crippen molar-refractivity contribution < 1.29 is 9.13 Å². The Morgan fingerprint density at radius 2 is 2.05 bits per heavy atom. The van der Waals surface area contributed by atoms with E-state index < -0.39 is 5.82 Å². The molecule has 2 aromatic carbocycles. The number of hydrogen-bond donors (Lipinski definition) is 1. The van der Waals surface area contributed by atoms with Crippen molar-refractivity contribution in [3.8, 4) is 5.75 Å². The number of hydrazone groups is 1. The van der Waals surface area contributed by atoms with Gasteiger partial charge in [0.1, 0.15) is 18.2 Å². The van der Waals surface area contributed by atoms with Gasteiger partial charge in [0.15, 0.2) is 0 Å². The molecule has 0 spiro atoms. The molecule has 19 heavy (non-hydrogen) atoms. The standard InChI is InChI=1S/C14H12ClFN2O/c15-13-6-2-4-11(14(13)16)9-19-12-5-1-3-10(7-12)8-18-17/h1-8H,9,17H2. The van der Waals surface area contributed by atoms with E-state index in [2.05, 4.69) is 5.10 Å². The van der Waals surface area contributed by atoms with Crippen molar-refractivity contribution in [3.63, 3.8) is 0 Å². The van der Waals surface area contributed by atoms with E-state index in [0.717, 1.165) is 5.56 Å². The van der Waals surface area contributed by atoms with Crippen molar-refractivity contribution in [3.05, 3.63) is 64.4 Å². The quantitative estimate of drug-likeness (QED) is 0.530. The second-order valence-electron chi connectivity index (χ2n) is 3.85. The third-order valence-corrected chi connectivity index (χ3v) is 2.80. The van der Waals surface area contributed by atoms with Gasteiger partial charge >= 0.3 is 0 Å². The van der Waals surface area contributed by atoms with Gasteiger partial charge in [-0.2, -0.15) is 5.10 Å². The smallest absolute Gasteiger partial charge is 0.148 e. The van der Waals surface area contributed by atoms with E-state index in [4.69, 9.17) is 22.2 Å². The Labute approximate surface area is 115 Å². The van der Waals surface area contributed by atoms with Crippen LogP contribution < -0.4 is 10.6 Å². The summed E-state index contributed by atoms with van der Waals surface area (Å²) in [7, 11) is 0. The van der Waals surface area contributed by atoms with Crippen LogP contribution in [0.5, 0.6) is 5.75 Å². The van der Waals surface area contributed by atoms with Crippen molar-refractivity contribution in [2.45, 2.75) is 6.61 Å². The summed E-state index contributed by atoms with van der Waals surface area (Å²) in [6, 6.07) is 12.0. The van der Waals surface area contributed by atoms with Crippen LogP contribution in [0.4, 0.5) is 4.39 Å². The Morgan fingerprint density at radius 3 is 2.84 bits per heavy atom. The first-order chi connectivity index (χ1) is 9.20. The number of halogens is 2. The fourth-order valence-corrected chi connectivity index (χ4v) is 1.79. The largest absolute Gasteiger partial charge is 0.489 e. The van der Waals surface area contributed by atoms with Crippen LogP contribution in [0, 0.1) is 5.82 Å². The van der Waals surface area contributed by atoms with Crippen molar-refractivity contribution in [1.29, 1.82) is 0 Å². The molecule has 3 nitrogen and oxygen atoms in total. The molecule has 0 saturated heterocycles. The first-order valence-electron chi connectivity index (χ1n) is 5.59. The Bertz CT molecular complexity index is 602. The predicted octanol–water partition coefficient (Wildman–Crippen LogP) is 3.35. The third-order valence-electron chi connectivity index (χ3n) is 2.51. The molecule has 0 radical (unpaired) electrons. The molecule has 5 heteroatoms. The first kappa shape index (κ1) is 13.4. The summed E-state index contributed by atoms with van der Waals surface area (Å²) >= 11 is 5.70. The summed E-state index contributed by atoms with van der Waals surface area (Å²) in [6.07, 6.45) is 1.51. The summed E-state index contributed by atoms with van der Waals surface area (Å²) in [6.45, 7) is 0.107. The first-order valence-corrected chi connectivity index (χ1v) is 5.97. The second kappa shape index (κ2) is 6.20. The fraction of sp³-hybridized carbons (Fsp3) is 0.0714. The van der Waals surface area contributed by atoms with Crippen molar-refractivity contribution in [2.75, 3.05) is 0 Å². The van der Waals surface area contributed by atoms with E-state index in [1.807, 2.05) is 6.07 Å². The normalized spacial score (nSPS) is 10.8. The molecular weight excluding hydrogens is 267 g/mol. The lowest BCUT2D eigenvalue weighted by molar-refractivity contribution is 0.300. The Kier molecular flexibility index (Phi) is 4.36. The van der Waals surface area contributed by atoms with Gasteiger partial charge in [-0.1, -0.05) is 35.9 Å². The molecule has 2 aromatic rings. The molecule has 0 unspecified atom stereocenters. The van der Waals surface area contributed by atoms with Crippen molar-refractivity contribution >= 4 is 17.8 Å². The molecule has 0 aliphatic carbocycles. The minimum absolute atomic E-state index is 0.0881. The van der Waals surface area contributed by atoms with Gasteiger partial charge in [-0.25, -0.2) is 4.39 Å². The Hall–Kier alpha value is -2.07. The number of hydrogen-bond acceptors (Lipinski definition) is 3. The molecule has 0 aliphatic heterocycles. The minimum atomic E-state index is -0.455. The number of nitrogens with two attached hydrogens (primary N) is 1. The molecule has 0 heterocycles. The zero-order chi connectivity index (χ0) is 13.7. The van der Waals surface area contributed by atoms with E-state index in [0.29, 0.717) is 11.3 Å². The van der Waals surface area contributed by atoms with E-state index in [9.17, 15) is 4.39 Å². The van der Waals surface area contributed by atoms with Gasteiger partial charge in [0, 0.05) is 5.56 Å². The van der Waals surface area contributed by atoms with Crippen LogP contribution in [0.25, 0.3) is 0 Å². The third kappa shape index (κ3) is 3.45. The molecule has 2 rings (SSSR count). The molecule has 98 valence electrons. The lowest BCUT2D eigenvalue weighted by atomic mass is 10.2. The number of rotatable bonds is 4. The van der Waals surface area contributed by atoms with Gasteiger partial charge in [-0.3, -0.25) is 0 Å². The number of benzene rings is 2. The van der Waals surface area contributed by atoms with Crippen LogP contribution >= 0.6 is 11.6 Å². The lowest BCUT2D eigenvalue weighted by Crippen LogP contribution is -1.99. The predicted molar refractivity (Wildman–Crippen MR) is 74.0 cm³/mol. The fourth-order valence-electron chi connectivity index (χ4n) is 1.59. The topological polar surface area (TPSA) is 47.6 Å². The van der Waals surface area contributed by atoms with Crippen LogP contribution in [0.2, 0.25) is 5.02 Å². The van der Waals surface area contributed by atoms with Crippen molar-refractivity contribution in [2.24, 2.45) is 10.9 Å². The van der Waals surface area contributed by atoms with E-state index in [-0.39, 0.29) is 11.6 Å². The molecule has 2 N–H and O–H groups in total. The molecule has 0 fully saturated rings. The lowest BCUT2D eigenvalue weighted by Gasteiger charge is -2.08. The summed E-state index contributed by atoms with van der Waals surface area (Å²) < 4.78 is 19.2. The Balaban J connectivity index is 2.10. The van der Waals surface area contributed by atoms with Crippen molar-refractivity contribution in [1.82, 2.24) is 0 Å². The van der Waals surface area contributed by atoms with Crippen LogP contribution in [0.15, 0.2) is 47.6 Å². The van der Waals surface area contributed by atoms with Crippen LogP contribution in [0.3, 0.4) is 0 Å². The molecule has 0 atom stereocenters. The highest BCUT2D eigenvalue weighted by molar-refractivity contribution is 6.30.